The summed E-state index contributed by atoms with van der Waals surface area (Å²) < 4.78 is 26.8. The van der Waals surface area contributed by atoms with Crippen LogP contribution >= 0.6 is 0 Å². The molecule has 0 radical (unpaired) electrons. The van der Waals surface area contributed by atoms with E-state index in [-0.39, 0.29) is 35.4 Å². The van der Waals surface area contributed by atoms with Crippen molar-refractivity contribution in [3.63, 3.8) is 0 Å². The van der Waals surface area contributed by atoms with E-state index in [1.807, 2.05) is 6.07 Å². The largest absolute Gasteiger partial charge is 0.340 e. The second-order valence-corrected chi connectivity index (χ2v) is 8.06. The van der Waals surface area contributed by atoms with Crippen molar-refractivity contribution in [1.82, 2.24) is 9.21 Å². The Labute approximate surface area is 136 Å². The highest BCUT2D eigenvalue weighted by atomic mass is 32.2. The maximum atomic E-state index is 12.7. The molecule has 1 aliphatic carbocycles. The minimum atomic E-state index is -3.70. The molecule has 3 rings (SSSR count). The summed E-state index contributed by atoms with van der Waals surface area (Å²) in [6, 6.07) is 8.14. The van der Waals surface area contributed by atoms with E-state index in [9.17, 15) is 13.2 Å². The van der Waals surface area contributed by atoms with Gasteiger partial charge in [-0.15, -0.1) is 0 Å². The average molecular weight is 333 g/mol. The van der Waals surface area contributed by atoms with Crippen LogP contribution in [0.2, 0.25) is 0 Å². The van der Waals surface area contributed by atoms with Crippen molar-refractivity contribution in [1.29, 1.82) is 5.26 Å². The predicted molar refractivity (Wildman–Crippen MR) is 83.8 cm³/mol. The molecule has 1 aromatic carbocycles. The molecule has 0 bridgehead atoms. The lowest BCUT2D eigenvalue weighted by Crippen LogP contribution is -2.51. The molecule has 0 aromatic heterocycles. The highest BCUT2D eigenvalue weighted by Gasteiger charge is 2.42. The van der Waals surface area contributed by atoms with E-state index < -0.39 is 10.0 Å². The summed E-state index contributed by atoms with van der Waals surface area (Å²) in [5.41, 5.74) is 0.151. The molecule has 7 heteroatoms. The van der Waals surface area contributed by atoms with Gasteiger partial charge in [-0.05, 0) is 24.5 Å². The molecule has 0 spiro atoms. The zero-order valence-corrected chi connectivity index (χ0v) is 13.8. The average Bonchev–Trinajstić information content (AvgIpc) is 3.31. The molecule has 1 aromatic rings. The molecule has 2 atom stereocenters. The molecule has 0 unspecified atom stereocenters. The van der Waals surface area contributed by atoms with E-state index in [4.69, 9.17) is 5.26 Å². The van der Waals surface area contributed by atoms with Crippen molar-refractivity contribution in [2.24, 2.45) is 11.8 Å². The number of hydrogen-bond donors (Lipinski definition) is 0. The fourth-order valence-electron chi connectivity index (χ4n) is 2.97. The molecule has 2 fully saturated rings. The second-order valence-electron chi connectivity index (χ2n) is 6.16. The summed E-state index contributed by atoms with van der Waals surface area (Å²) in [4.78, 5) is 14.0. The molecule has 1 aliphatic heterocycles. The number of carbonyl (C=O) groups excluding carboxylic acids is 1. The molecule has 1 saturated carbocycles. The summed E-state index contributed by atoms with van der Waals surface area (Å²) in [5.74, 6) is 0.719. The molecule has 1 heterocycles. The summed E-state index contributed by atoms with van der Waals surface area (Å²) >= 11 is 0. The quantitative estimate of drug-likeness (QED) is 0.828. The number of hydrogen-bond acceptors (Lipinski definition) is 4. The first-order chi connectivity index (χ1) is 10.9. The van der Waals surface area contributed by atoms with Gasteiger partial charge in [-0.3, -0.25) is 4.79 Å². The maximum absolute atomic E-state index is 12.7. The Balaban J connectivity index is 1.72. The summed E-state index contributed by atoms with van der Waals surface area (Å²) in [5, 5.41) is 9.10. The van der Waals surface area contributed by atoms with Gasteiger partial charge in [-0.1, -0.05) is 19.1 Å². The first kappa shape index (κ1) is 16.0. The minimum absolute atomic E-state index is 0.0399. The number of nitriles is 1. The molecule has 6 nitrogen and oxygen atoms in total. The fraction of sp³-hybridized carbons (Fsp3) is 0.500. The van der Waals surface area contributed by atoms with Crippen LogP contribution < -0.4 is 0 Å². The van der Waals surface area contributed by atoms with Gasteiger partial charge in [0.05, 0.1) is 10.5 Å². The molecule has 1 amide bonds. The van der Waals surface area contributed by atoms with Gasteiger partial charge < -0.3 is 4.90 Å². The Morgan fingerprint density at radius 2 is 1.83 bits per heavy atom. The summed E-state index contributed by atoms with van der Waals surface area (Å²) in [6.45, 7) is 3.43. The number of benzene rings is 1. The smallest absolute Gasteiger partial charge is 0.244 e. The van der Waals surface area contributed by atoms with Crippen LogP contribution in [0.1, 0.15) is 18.9 Å². The molecule has 0 N–H and O–H groups in total. The number of nitrogens with zero attached hydrogens (tertiary/aromatic N) is 3. The van der Waals surface area contributed by atoms with E-state index in [2.05, 4.69) is 6.92 Å². The highest BCUT2D eigenvalue weighted by Crippen LogP contribution is 2.39. The lowest BCUT2D eigenvalue weighted by Gasteiger charge is -2.34. The summed E-state index contributed by atoms with van der Waals surface area (Å²) in [7, 11) is -3.70. The monoisotopic (exact) mass is 333 g/mol. The van der Waals surface area contributed by atoms with Gasteiger partial charge in [0, 0.05) is 32.1 Å². The van der Waals surface area contributed by atoms with E-state index in [1.165, 1.54) is 16.4 Å². The fourth-order valence-corrected chi connectivity index (χ4v) is 4.54. The molecular weight excluding hydrogens is 314 g/mol. The lowest BCUT2D eigenvalue weighted by atomic mass is 10.2. The van der Waals surface area contributed by atoms with Crippen LogP contribution in [0.4, 0.5) is 0 Å². The van der Waals surface area contributed by atoms with Crippen LogP contribution in [-0.4, -0.2) is 49.7 Å². The zero-order chi connectivity index (χ0) is 16.6. The van der Waals surface area contributed by atoms with Gasteiger partial charge in [-0.25, -0.2) is 8.42 Å². The van der Waals surface area contributed by atoms with Gasteiger partial charge in [0.1, 0.15) is 6.07 Å². The summed E-state index contributed by atoms with van der Waals surface area (Å²) in [6.07, 6.45) is 0.937. The number of rotatable bonds is 3. The van der Waals surface area contributed by atoms with Crippen LogP contribution in [0.3, 0.4) is 0 Å². The highest BCUT2D eigenvalue weighted by molar-refractivity contribution is 7.89. The van der Waals surface area contributed by atoms with Crippen LogP contribution in [0.5, 0.6) is 0 Å². The molecule has 1 saturated heterocycles. The third kappa shape index (κ3) is 2.96. The van der Waals surface area contributed by atoms with Crippen molar-refractivity contribution in [3.8, 4) is 6.07 Å². The van der Waals surface area contributed by atoms with Crippen molar-refractivity contribution < 1.29 is 13.2 Å². The van der Waals surface area contributed by atoms with Crippen molar-refractivity contribution >= 4 is 15.9 Å². The number of carbonyl (C=O) groups is 1. The topological polar surface area (TPSA) is 81.5 Å². The van der Waals surface area contributed by atoms with Crippen molar-refractivity contribution in [3.05, 3.63) is 29.8 Å². The molecular formula is C16H19N3O3S. The Morgan fingerprint density at radius 3 is 2.39 bits per heavy atom. The van der Waals surface area contributed by atoms with Crippen LogP contribution in [0.25, 0.3) is 0 Å². The van der Waals surface area contributed by atoms with Crippen LogP contribution in [-0.2, 0) is 14.8 Å². The molecule has 122 valence electrons. The van der Waals surface area contributed by atoms with Gasteiger partial charge in [-0.2, -0.15) is 9.57 Å². The predicted octanol–water partition coefficient (Wildman–Crippen LogP) is 1.05. The van der Waals surface area contributed by atoms with Gasteiger partial charge in [0.15, 0.2) is 0 Å². The third-order valence-corrected chi connectivity index (χ3v) is 6.56. The Bertz CT molecular complexity index is 761. The van der Waals surface area contributed by atoms with E-state index >= 15 is 0 Å². The standard InChI is InChI=1S/C16H19N3O3S/c1-12-10-14(12)16(20)18-6-8-19(9-7-18)23(21,22)15-5-3-2-4-13(15)11-17/h2-5,12,14H,6-10H2,1H3/t12-,14+/m1/s1. The van der Waals surface area contributed by atoms with Crippen molar-refractivity contribution in [2.45, 2.75) is 18.2 Å². The van der Waals surface area contributed by atoms with Crippen LogP contribution in [0, 0.1) is 23.2 Å². The molecule has 2 aliphatic rings. The van der Waals surface area contributed by atoms with Gasteiger partial charge in [0.2, 0.25) is 15.9 Å². The lowest BCUT2D eigenvalue weighted by molar-refractivity contribution is -0.134. The number of amides is 1. The first-order valence-electron chi connectivity index (χ1n) is 7.73. The first-order valence-corrected chi connectivity index (χ1v) is 9.17. The second kappa shape index (κ2) is 5.95. The van der Waals surface area contributed by atoms with E-state index in [0.29, 0.717) is 19.0 Å². The van der Waals surface area contributed by atoms with Crippen molar-refractivity contribution in [2.75, 3.05) is 26.2 Å². The van der Waals surface area contributed by atoms with E-state index in [1.54, 1.807) is 17.0 Å². The van der Waals surface area contributed by atoms with E-state index in [0.717, 1.165) is 6.42 Å². The Kier molecular flexibility index (Phi) is 4.13. The SMILES string of the molecule is C[C@@H]1C[C@@H]1C(=O)N1CCN(S(=O)(=O)c2ccccc2C#N)CC1. The van der Waals surface area contributed by atoms with Crippen LogP contribution in [0.15, 0.2) is 29.2 Å². The third-order valence-electron chi connectivity index (χ3n) is 4.60. The minimum Gasteiger partial charge on any atom is -0.340 e. The number of sulfonamides is 1. The number of piperazine rings is 1. The van der Waals surface area contributed by atoms with Gasteiger partial charge >= 0.3 is 0 Å². The van der Waals surface area contributed by atoms with Gasteiger partial charge in [0.25, 0.3) is 0 Å². The maximum Gasteiger partial charge on any atom is 0.244 e. The zero-order valence-electron chi connectivity index (χ0n) is 13.0. The molecule has 23 heavy (non-hydrogen) atoms. The Hall–Kier alpha value is -1.91. The normalized spacial score (nSPS) is 25.0. The Morgan fingerprint density at radius 1 is 1.22 bits per heavy atom.